The molecule has 0 fully saturated rings. The molecule has 0 aliphatic heterocycles. The van der Waals surface area contributed by atoms with Crippen molar-refractivity contribution in [3.63, 3.8) is 0 Å². The Hall–Kier alpha value is -1.96. The Morgan fingerprint density at radius 3 is 2.11 bits per heavy atom. The average molecular weight is 257 g/mol. The van der Waals surface area contributed by atoms with E-state index in [2.05, 4.69) is 38.2 Å². The largest absolute Gasteiger partial charge is 0.508 e. The highest BCUT2D eigenvalue weighted by atomic mass is 16.3. The van der Waals surface area contributed by atoms with Crippen molar-refractivity contribution in [2.75, 3.05) is 5.32 Å². The Morgan fingerprint density at radius 2 is 1.53 bits per heavy atom. The van der Waals surface area contributed by atoms with E-state index in [1.54, 1.807) is 6.07 Å². The molecule has 0 saturated carbocycles. The summed E-state index contributed by atoms with van der Waals surface area (Å²) in [4.78, 5) is 0. The third kappa shape index (κ3) is 5.47. The van der Waals surface area contributed by atoms with Gasteiger partial charge in [-0.2, -0.15) is 0 Å². The van der Waals surface area contributed by atoms with E-state index in [-0.39, 0.29) is 0 Å². The lowest BCUT2D eigenvalue weighted by Crippen LogP contribution is -1.99. The highest BCUT2D eigenvalue weighted by molar-refractivity contribution is 5.46. The third-order valence-corrected chi connectivity index (χ3v) is 2.53. The van der Waals surface area contributed by atoms with E-state index < -0.39 is 0 Å². The van der Waals surface area contributed by atoms with Crippen LogP contribution in [0.4, 0.5) is 5.69 Å². The normalized spacial score (nSPS) is 9.42. The van der Waals surface area contributed by atoms with Gasteiger partial charge in [0.05, 0.1) is 0 Å². The molecule has 0 unspecified atom stereocenters. The first-order valence-electron chi connectivity index (χ1n) is 6.74. The number of nitrogens with one attached hydrogen (secondary N) is 1. The summed E-state index contributed by atoms with van der Waals surface area (Å²) in [7, 11) is 0. The zero-order valence-corrected chi connectivity index (χ0v) is 12.0. The van der Waals surface area contributed by atoms with Crippen LogP contribution in [-0.2, 0) is 6.54 Å². The van der Waals surface area contributed by atoms with Crippen molar-refractivity contribution in [3.8, 4) is 5.75 Å². The third-order valence-electron chi connectivity index (χ3n) is 2.53. The van der Waals surface area contributed by atoms with E-state index in [4.69, 9.17) is 0 Å². The second-order valence-electron chi connectivity index (χ2n) is 4.56. The fourth-order valence-corrected chi connectivity index (χ4v) is 1.53. The van der Waals surface area contributed by atoms with E-state index in [0.717, 1.165) is 11.3 Å². The van der Waals surface area contributed by atoms with Crippen molar-refractivity contribution in [2.45, 2.75) is 33.7 Å². The van der Waals surface area contributed by atoms with Gasteiger partial charge >= 0.3 is 0 Å². The molecule has 2 heteroatoms. The highest BCUT2D eigenvalue weighted by Crippen LogP contribution is 2.17. The lowest BCUT2D eigenvalue weighted by Gasteiger charge is -2.08. The van der Waals surface area contributed by atoms with Crippen LogP contribution in [0.2, 0.25) is 0 Å². The zero-order chi connectivity index (χ0) is 14.1. The van der Waals surface area contributed by atoms with Gasteiger partial charge in [0.1, 0.15) is 5.75 Å². The van der Waals surface area contributed by atoms with E-state index in [1.807, 2.05) is 30.3 Å². The molecular weight excluding hydrogens is 234 g/mol. The Morgan fingerprint density at radius 1 is 0.947 bits per heavy atom. The molecule has 19 heavy (non-hydrogen) atoms. The summed E-state index contributed by atoms with van der Waals surface area (Å²) in [5.74, 6) is 0.335. The van der Waals surface area contributed by atoms with Gasteiger partial charge in [-0.1, -0.05) is 56.2 Å². The zero-order valence-electron chi connectivity index (χ0n) is 12.0. The van der Waals surface area contributed by atoms with Crippen molar-refractivity contribution in [1.29, 1.82) is 0 Å². The van der Waals surface area contributed by atoms with E-state index in [0.29, 0.717) is 12.3 Å². The van der Waals surface area contributed by atoms with Crippen molar-refractivity contribution in [3.05, 3.63) is 59.7 Å². The summed E-state index contributed by atoms with van der Waals surface area (Å²) in [5.41, 5.74) is 3.21. The average Bonchev–Trinajstić information content (AvgIpc) is 2.41. The molecule has 0 amide bonds. The van der Waals surface area contributed by atoms with Gasteiger partial charge in [-0.25, -0.2) is 0 Å². The van der Waals surface area contributed by atoms with Crippen LogP contribution >= 0.6 is 0 Å². The Labute approximate surface area is 116 Å². The number of hydrogen-bond acceptors (Lipinski definition) is 2. The van der Waals surface area contributed by atoms with Crippen LogP contribution in [0.3, 0.4) is 0 Å². The number of rotatable bonds is 3. The lowest BCUT2D eigenvalue weighted by atomic mass is 10.2. The van der Waals surface area contributed by atoms with Gasteiger partial charge in [-0.05, 0) is 25.1 Å². The minimum Gasteiger partial charge on any atom is -0.508 e. The molecule has 2 rings (SSSR count). The molecule has 0 atom stereocenters. The smallest absolute Gasteiger partial charge is 0.120 e. The molecule has 0 spiro atoms. The van der Waals surface area contributed by atoms with Gasteiger partial charge in [-0.3, -0.25) is 0 Å². The summed E-state index contributed by atoms with van der Waals surface area (Å²) in [6.45, 7) is 6.95. The van der Waals surface area contributed by atoms with Crippen LogP contribution in [-0.4, -0.2) is 5.11 Å². The fraction of sp³-hybridized carbons (Fsp3) is 0.294. The predicted octanol–water partition coefficient (Wildman–Crippen LogP) is 4.73. The topological polar surface area (TPSA) is 32.3 Å². The molecule has 0 aliphatic carbocycles. The minimum atomic E-state index is 0.335. The molecule has 0 radical (unpaired) electrons. The van der Waals surface area contributed by atoms with Crippen LogP contribution in [0.5, 0.6) is 5.75 Å². The molecular formula is C17H23NO. The number of phenolic OH excluding ortho intramolecular Hbond substituents is 1. The van der Waals surface area contributed by atoms with Crippen molar-refractivity contribution >= 4 is 5.69 Å². The van der Waals surface area contributed by atoms with Crippen LogP contribution in [0, 0.1) is 6.92 Å². The molecule has 102 valence electrons. The molecule has 0 aromatic heterocycles. The van der Waals surface area contributed by atoms with E-state index in [1.165, 1.54) is 12.0 Å². The summed E-state index contributed by atoms with van der Waals surface area (Å²) in [6.07, 6.45) is 1.25. The number of aromatic hydroxyl groups is 1. The number of para-hydroxylation sites is 1. The van der Waals surface area contributed by atoms with Gasteiger partial charge in [0.2, 0.25) is 0 Å². The Bertz CT molecular complexity index is 477. The molecule has 2 aromatic carbocycles. The summed E-state index contributed by atoms with van der Waals surface area (Å²) >= 11 is 0. The number of aryl methyl sites for hydroxylation is 1. The molecule has 2 aromatic rings. The van der Waals surface area contributed by atoms with Crippen LogP contribution in [0.15, 0.2) is 48.5 Å². The maximum Gasteiger partial charge on any atom is 0.120 e. The summed E-state index contributed by atoms with van der Waals surface area (Å²) in [5, 5.41) is 12.9. The highest BCUT2D eigenvalue weighted by Gasteiger charge is 1.98. The van der Waals surface area contributed by atoms with Gasteiger partial charge < -0.3 is 10.4 Å². The van der Waals surface area contributed by atoms with Crippen molar-refractivity contribution in [2.24, 2.45) is 0 Å². The molecule has 2 nitrogen and oxygen atoms in total. The number of hydrogen-bond donors (Lipinski definition) is 2. The summed E-state index contributed by atoms with van der Waals surface area (Å²) < 4.78 is 0. The second-order valence-corrected chi connectivity index (χ2v) is 4.56. The fourth-order valence-electron chi connectivity index (χ4n) is 1.53. The lowest BCUT2D eigenvalue weighted by molar-refractivity contribution is 0.469. The van der Waals surface area contributed by atoms with E-state index >= 15 is 0 Å². The maximum atomic E-state index is 9.59. The van der Waals surface area contributed by atoms with Gasteiger partial charge in [0.15, 0.2) is 0 Å². The first-order valence-corrected chi connectivity index (χ1v) is 6.74. The van der Waals surface area contributed by atoms with Gasteiger partial charge in [0.25, 0.3) is 0 Å². The molecule has 0 aliphatic rings. The van der Waals surface area contributed by atoms with Gasteiger partial charge in [0, 0.05) is 17.8 Å². The van der Waals surface area contributed by atoms with Gasteiger partial charge in [-0.15, -0.1) is 0 Å². The minimum absolute atomic E-state index is 0.335. The summed E-state index contributed by atoms with van der Waals surface area (Å²) in [6, 6.07) is 15.6. The van der Waals surface area contributed by atoms with Crippen LogP contribution < -0.4 is 5.32 Å². The van der Waals surface area contributed by atoms with E-state index in [9.17, 15) is 5.11 Å². The first kappa shape index (κ1) is 15.1. The first-order chi connectivity index (χ1) is 9.17. The quantitative estimate of drug-likeness (QED) is 0.833. The standard InChI is InChI=1S/C14H15NO.C3H8/c1-11-6-8-13(9-7-11)15-10-12-4-2-3-5-14(12)16;1-3-2/h2-9,15-16H,10H2,1H3;3H2,1-2H3. The molecule has 2 N–H and O–H groups in total. The second kappa shape index (κ2) is 8.20. The maximum absolute atomic E-state index is 9.59. The van der Waals surface area contributed by atoms with Crippen molar-refractivity contribution < 1.29 is 5.11 Å². The number of benzene rings is 2. The number of phenols is 1. The molecule has 0 bridgehead atoms. The molecule has 0 saturated heterocycles. The molecule has 0 heterocycles. The Balaban J connectivity index is 0.000000550. The number of anilines is 1. The monoisotopic (exact) mass is 257 g/mol. The SMILES string of the molecule is CCC.Cc1ccc(NCc2ccccc2O)cc1. The van der Waals surface area contributed by atoms with Crippen molar-refractivity contribution in [1.82, 2.24) is 0 Å². The predicted molar refractivity (Wildman–Crippen MR) is 82.6 cm³/mol. The van der Waals surface area contributed by atoms with Crippen LogP contribution in [0.25, 0.3) is 0 Å². The Kier molecular flexibility index (Phi) is 6.51. The van der Waals surface area contributed by atoms with Crippen LogP contribution in [0.1, 0.15) is 31.4 Å².